The zero-order valence-corrected chi connectivity index (χ0v) is 12.3. The van der Waals surface area contributed by atoms with Crippen molar-refractivity contribution >= 4 is 17.6 Å². The highest BCUT2D eigenvalue weighted by molar-refractivity contribution is 5.96. The third kappa shape index (κ3) is 3.61. The Kier molecular flexibility index (Phi) is 4.96. The number of para-hydroxylation sites is 1. The van der Waals surface area contributed by atoms with Gasteiger partial charge in [-0.3, -0.25) is 9.59 Å². The van der Waals surface area contributed by atoms with Gasteiger partial charge >= 0.3 is 5.97 Å². The van der Waals surface area contributed by atoms with Gasteiger partial charge in [-0.25, -0.2) is 0 Å². The van der Waals surface area contributed by atoms with Gasteiger partial charge in [0.05, 0.1) is 6.42 Å². The van der Waals surface area contributed by atoms with E-state index in [0.29, 0.717) is 13.0 Å². The van der Waals surface area contributed by atoms with Crippen LogP contribution >= 0.6 is 0 Å². The van der Waals surface area contributed by atoms with E-state index in [9.17, 15) is 9.59 Å². The Morgan fingerprint density at radius 2 is 2.14 bits per heavy atom. The summed E-state index contributed by atoms with van der Waals surface area (Å²) in [6.45, 7) is 2.47. The zero-order valence-electron chi connectivity index (χ0n) is 12.3. The third-order valence-corrected chi connectivity index (χ3v) is 3.89. The standard InChI is InChI=1S/C16H22N2O3/c1-2-5-12(17)9-15(19)18-10-11(8-16(20)21)13-6-3-4-7-14(13)18/h3-4,6-7,11-12H,2,5,8-10,17H2,1H3,(H,20,21). The number of hydrogen-bond donors (Lipinski definition) is 2. The molecule has 1 aromatic carbocycles. The minimum absolute atomic E-state index is 0.0173. The maximum Gasteiger partial charge on any atom is 0.304 e. The zero-order chi connectivity index (χ0) is 15.4. The van der Waals surface area contributed by atoms with Gasteiger partial charge in [0.1, 0.15) is 0 Å². The Labute approximate surface area is 124 Å². The molecular formula is C16H22N2O3. The number of carboxylic acids is 1. The van der Waals surface area contributed by atoms with Crippen LogP contribution in [0.4, 0.5) is 5.69 Å². The molecule has 3 N–H and O–H groups in total. The second-order valence-corrected chi connectivity index (χ2v) is 5.61. The third-order valence-electron chi connectivity index (χ3n) is 3.89. The van der Waals surface area contributed by atoms with E-state index in [1.807, 2.05) is 31.2 Å². The fourth-order valence-electron chi connectivity index (χ4n) is 2.92. The number of nitrogens with two attached hydrogens (primary N) is 1. The minimum atomic E-state index is -0.841. The lowest BCUT2D eigenvalue weighted by Crippen LogP contribution is -2.35. The summed E-state index contributed by atoms with van der Waals surface area (Å²) >= 11 is 0. The van der Waals surface area contributed by atoms with E-state index >= 15 is 0 Å². The van der Waals surface area contributed by atoms with Crippen LogP contribution < -0.4 is 10.6 Å². The first-order valence-electron chi connectivity index (χ1n) is 7.39. The normalized spacial score (nSPS) is 18.4. The number of anilines is 1. The van der Waals surface area contributed by atoms with E-state index in [4.69, 9.17) is 10.8 Å². The molecule has 1 amide bonds. The number of nitrogens with zero attached hydrogens (tertiary/aromatic N) is 1. The van der Waals surface area contributed by atoms with E-state index < -0.39 is 5.97 Å². The van der Waals surface area contributed by atoms with Gasteiger partial charge in [-0.05, 0) is 18.1 Å². The highest BCUT2D eigenvalue weighted by Crippen LogP contribution is 2.38. The first-order valence-corrected chi connectivity index (χ1v) is 7.39. The molecule has 5 heteroatoms. The fourth-order valence-corrected chi connectivity index (χ4v) is 2.92. The van der Waals surface area contributed by atoms with E-state index in [1.54, 1.807) is 4.90 Å². The topological polar surface area (TPSA) is 83.6 Å². The SMILES string of the molecule is CCCC(N)CC(=O)N1CC(CC(=O)O)c2ccccc21. The lowest BCUT2D eigenvalue weighted by Gasteiger charge is -2.20. The van der Waals surface area contributed by atoms with Crippen molar-refractivity contribution in [3.05, 3.63) is 29.8 Å². The number of carbonyl (C=O) groups is 2. The highest BCUT2D eigenvalue weighted by atomic mass is 16.4. The minimum Gasteiger partial charge on any atom is -0.481 e. The number of amides is 1. The number of aliphatic carboxylic acids is 1. The lowest BCUT2D eigenvalue weighted by molar-refractivity contribution is -0.137. The van der Waals surface area contributed by atoms with E-state index in [-0.39, 0.29) is 24.3 Å². The smallest absolute Gasteiger partial charge is 0.304 e. The largest absolute Gasteiger partial charge is 0.481 e. The van der Waals surface area contributed by atoms with Gasteiger partial charge in [-0.15, -0.1) is 0 Å². The maximum absolute atomic E-state index is 12.4. The van der Waals surface area contributed by atoms with Gasteiger partial charge in [-0.1, -0.05) is 31.5 Å². The molecule has 0 aromatic heterocycles. The molecule has 21 heavy (non-hydrogen) atoms. The predicted octanol–water partition coefficient (Wildman–Crippen LogP) is 2.11. The summed E-state index contributed by atoms with van der Waals surface area (Å²) in [6.07, 6.45) is 2.12. The Balaban J connectivity index is 2.15. The summed E-state index contributed by atoms with van der Waals surface area (Å²) < 4.78 is 0. The van der Waals surface area contributed by atoms with Crippen LogP contribution in [0.3, 0.4) is 0 Å². The molecule has 0 spiro atoms. The van der Waals surface area contributed by atoms with Gasteiger partial charge < -0.3 is 15.7 Å². The molecule has 1 aliphatic heterocycles. The molecule has 114 valence electrons. The number of benzene rings is 1. The average Bonchev–Trinajstić information content (AvgIpc) is 2.77. The number of carbonyl (C=O) groups excluding carboxylic acids is 1. The average molecular weight is 290 g/mol. The second kappa shape index (κ2) is 6.72. The molecule has 0 bridgehead atoms. The van der Waals surface area contributed by atoms with E-state index in [2.05, 4.69) is 0 Å². The number of fused-ring (bicyclic) bond motifs is 1. The molecule has 2 atom stereocenters. The van der Waals surface area contributed by atoms with E-state index in [1.165, 1.54) is 0 Å². The van der Waals surface area contributed by atoms with Crippen LogP contribution in [0, 0.1) is 0 Å². The van der Waals surface area contributed by atoms with Crippen LogP contribution in [-0.2, 0) is 9.59 Å². The van der Waals surface area contributed by atoms with Gasteiger partial charge in [0, 0.05) is 30.6 Å². The van der Waals surface area contributed by atoms with Gasteiger partial charge in [0.25, 0.3) is 0 Å². The molecule has 0 fully saturated rings. The van der Waals surface area contributed by atoms with Crippen LogP contribution in [0.5, 0.6) is 0 Å². The summed E-state index contributed by atoms with van der Waals surface area (Å²) in [4.78, 5) is 25.1. The van der Waals surface area contributed by atoms with Crippen molar-refractivity contribution in [2.75, 3.05) is 11.4 Å². The van der Waals surface area contributed by atoms with Crippen molar-refractivity contribution < 1.29 is 14.7 Å². The van der Waals surface area contributed by atoms with Gasteiger partial charge in [0.2, 0.25) is 5.91 Å². The summed E-state index contributed by atoms with van der Waals surface area (Å²) in [5.41, 5.74) is 7.72. The molecule has 0 saturated carbocycles. The Hall–Kier alpha value is -1.88. The molecule has 1 aliphatic rings. The highest BCUT2D eigenvalue weighted by Gasteiger charge is 2.33. The van der Waals surface area contributed by atoms with Crippen molar-refractivity contribution in [1.82, 2.24) is 0 Å². The summed E-state index contributed by atoms with van der Waals surface area (Å²) in [6, 6.07) is 7.40. The monoisotopic (exact) mass is 290 g/mol. The number of hydrogen-bond acceptors (Lipinski definition) is 3. The molecule has 5 nitrogen and oxygen atoms in total. The van der Waals surface area contributed by atoms with Crippen LogP contribution in [0.15, 0.2) is 24.3 Å². The molecule has 1 aromatic rings. The Morgan fingerprint density at radius 1 is 1.43 bits per heavy atom. The van der Waals surface area contributed by atoms with Crippen molar-refractivity contribution in [3.8, 4) is 0 Å². The van der Waals surface area contributed by atoms with Crippen LogP contribution in [0.2, 0.25) is 0 Å². The molecule has 0 saturated heterocycles. The summed E-state index contributed by atoms with van der Waals surface area (Å²) in [5.74, 6) is -0.992. The molecule has 0 aliphatic carbocycles. The van der Waals surface area contributed by atoms with E-state index in [0.717, 1.165) is 24.1 Å². The van der Waals surface area contributed by atoms with Gasteiger partial charge in [0.15, 0.2) is 0 Å². The molecule has 0 radical (unpaired) electrons. The van der Waals surface area contributed by atoms with Crippen molar-refractivity contribution in [1.29, 1.82) is 0 Å². The molecule has 2 unspecified atom stereocenters. The molecular weight excluding hydrogens is 268 g/mol. The maximum atomic E-state index is 12.4. The van der Waals surface area contributed by atoms with Crippen LogP contribution in [0.25, 0.3) is 0 Å². The fraction of sp³-hybridized carbons (Fsp3) is 0.500. The number of rotatable bonds is 6. The van der Waals surface area contributed by atoms with Crippen LogP contribution in [0.1, 0.15) is 44.1 Å². The van der Waals surface area contributed by atoms with Gasteiger partial charge in [-0.2, -0.15) is 0 Å². The van der Waals surface area contributed by atoms with Crippen molar-refractivity contribution in [3.63, 3.8) is 0 Å². The summed E-state index contributed by atoms with van der Waals surface area (Å²) in [5, 5.41) is 9.02. The first-order chi connectivity index (χ1) is 10.0. The Morgan fingerprint density at radius 3 is 2.81 bits per heavy atom. The molecule has 2 rings (SSSR count). The second-order valence-electron chi connectivity index (χ2n) is 5.61. The Bertz CT molecular complexity index is 530. The lowest BCUT2D eigenvalue weighted by atomic mass is 9.98. The van der Waals surface area contributed by atoms with Crippen molar-refractivity contribution in [2.45, 2.75) is 44.6 Å². The quantitative estimate of drug-likeness (QED) is 0.840. The first kappa shape index (κ1) is 15.5. The summed E-state index contributed by atoms with van der Waals surface area (Å²) in [7, 11) is 0. The van der Waals surface area contributed by atoms with Crippen molar-refractivity contribution in [2.24, 2.45) is 5.73 Å². The van der Waals surface area contributed by atoms with Crippen LogP contribution in [-0.4, -0.2) is 29.6 Å². The predicted molar refractivity (Wildman–Crippen MR) is 81.3 cm³/mol. The molecule has 1 heterocycles. The number of carboxylic acid groups (broad SMARTS) is 1.